The van der Waals surface area contributed by atoms with Crippen molar-refractivity contribution in [3.8, 4) is 5.75 Å². The van der Waals surface area contributed by atoms with Crippen LogP contribution in [0, 0.1) is 5.82 Å². The van der Waals surface area contributed by atoms with Crippen molar-refractivity contribution in [2.75, 3.05) is 32.2 Å². The molecule has 7 nitrogen and oxygen atoms in total. The summed E-state index contributed by atoms with van der Waals surface area (Å²) >= 11 is 1.54. The highest BCUT2D eigenvalue weighted by atomic mass is 32.2. The average Bonchev–Trinajstić information content (AvgIpc) is 2.91. The number of fused-ring (bicyclic) bond motifs is 2. The van der Waals surface area contributed by atoms with E-state index in [-0.39, 0.29) is 31.8 Å². The Bertz CT molecular complexity index is 1170. The Hall–Kier alpha value is -2.83. The first-order valence-electron chi connectivity index (χ1n) is 13.5. The number of halogens is 4. The third-order valence-corrected chi connectivity index (χ3v) is 7.57. The summed E-state index contributed by atoms with van der Waals surface area (Å²) in [5.74, 6) is -0.231. The number of aliphatic hydroxyl groups excluding tert-OH is 1. The molecule has 3 atom stereocenters. The molecular formula is C29H37F4N3O4S. The monoisotopic (exact) mass is 599 g/mol. The highest BCUT2D eigenvalue weighted by Crippen LogP contribution is 2.29. The summed E-state index contributed by atoms with van der Waals surface area (Å²) in [5, 5.41) is 16.9. The van der Waals surface area contributed by atoms with Crippen LogP contribution in [0.4, 0.5) is 17.6 Å². The van der Waals surface area contributed by atoms with E-state index in [1.807, 2.05) is 6.26 Å². The average molecular weight is 600 g/mol. The van der Waals surface area contributed by atoms with Gasteiger partial charge in [0.2, 0.25) is 11.8 Å². The van der Waals surface area contributed by atoms with Crippen LogP contribution in [0.2, 0.25) is 0 Å². The maximum Gasteiger partial charge on any atom is 0.416 e. The summed E-state index contributed by atoms with van der Waals surface area (Å²) in [6.07, 6.45) is -1.96. The van der Waals surface area contributed by atoms with Crippen molar-refractivity contribution in [2.45, 2.75) is 63.0 Å². The van der Waals surface area contributed by atoms with Crippen molar-refractivity contribution in [2.24, 2.45) is 0 Å². The summed E-state index contributed by atoms with van der Waals surface area (Å²) in [6, 6.07) is 7.40. The fraction of sp³-hybridized carbons (Fsp3) is 0.517. The van der Waals surface area contributed by atoms with E-state index in [4.69, 9.17) is 4.74 Å². The van der Waals surface area contributed by atoms with Crippen molar-refractivity contribution >= 4 is 23.6 Å². The molecule has 0 spiro atoms. The number of hydrogen-bond donors (Lipinski definition) is 3. The van der Waals surface area contributed by atoms with Gasteiger partial charge in [0.25, 0.3) is 0 Å². The van der Waals surface area contributed by atoms with Crippen LogP contribution >= 0.6 is 11.8 Å². The van der Waals surface area contributed by atoms with Crippen LogP contribution in [-0.2, 0) is 28.7 Å². The van der Waals surface area contributed by atoms with Gasteiger partial charge in [-0.1, -0.05) is 18.2 Å². The van der Waals surface area contributed by atoms with Gasteiger partial charge in [-0.3, -0.25) is 9.59 Å². The molecule has 3 N–H and O–H groups in total. The third kappa shape index (κ3) is 10.2. The Balaban J connectivity index is 1.82. The van der Waals surface area contributed by atoms with Crippen molar-refractivity contribution in [3.63, 3.8) is 0 Å². The zero-order valence-electron chi connectivity index (χ0n) is 23.2. The summed E-state index contributed by atoms with van der Waals surface area (Å²) in [5.41, 5.74) is 0.0926. The van der Waals surface area contributed by atoms with Gasteiger partial charge in [0, 0.05) is 32.6 Å². The number of rotatable bonds is 8. The smallest absolute Gasteiger partial charge is 0.416 e. The molecule has 0 aromatic heterocycles. The number of aliphatic hydroxyl groups is 1. The molecule has 0 saturated heterocycles. The lowest BCUT2D eigenvalue weighted by atomic mass is 9.99. The Morgan fingerprint density at radius 1 is 1.20 bits per heavy atom. The summed E-state index contributed by atoms with van der Waals surface area (Å²) in [7, 11) is 1.59. The molecule has 1 aliphatic rings. The molecule has 0 aliphatic carbocycles. The molecular weight excluding hydrogens is 562 g/mol. The van der Waals surface area contributed by atoms with Gasteiger partial charge in [-0.05, 0) is 67.0 Å². The molecule has 1 aliphatic heterocycles. The molecule has 0 saturated carbocycles. The first-order valence-corrected chi connectivity index (χ1v) is 14.9. The number of amides is 2. The number of alkyl halides is 3. The number of hydrogen-bond acceptors (Lipinski definition) is 6. The molecule has 2 unspecified atom stereocenters. The van der Waals surface area contributed by atoms with E-state index in [9.17, 15) is 32.3 Å². The van der Waals surface area contributed by atoms with Gasteiger partial charge in [0.15, 0.2) is 0 Å². The van der Waals surface area contributed by atoms with Crippen molar-refractivity contribution in [3.05, 3.63) is 65.0 Å². The third-order valence-electron chi connectivity index (χ3n) is 6.93. The molecule has 2 amide bonds. The van der Waals surface area contributed by atoms with E-state index in [1.54, 1.807) is 13.1 Å². The first kappa shape index (κ1) is 32.7. The van der Waals surface area contributed by atoms with E-state index < -0.39 is 41.7 Å². The van der Waals surface area contributed by atoms with E-state index in [0.29, 0.717) is 48.5 Å². The normalized spacial score (nSPS) is 20.0. The molecule has 2 bridgehead atoms. The van der Waals surface area contributed by atoms with Gasteiger partial charge in [-0.25, -0.2) is 4.39 Å². The van der Waals surface area contributed by atoms with E-state index in [2.05, 4.69) is 10.6 Å². The Kier molecular flexibility index (Phi) is 12.3. The Morgan fingerprint density at radius 2 is 1.98 bits per heavy atom. The fourth-order valence-electron chi connectivity index (χ4n) is 4.65. The number of thioether (sulfide) groups is 1. The second-order valence-corrected chi connectivity index (χ2v) is 11.1. The van der Waals surface area contributed by atoms with Crippen LogP contribution in [0.15, 0.2) is 42.5 Å². The second-order valence-electron chi connectivity index (χ2n) is 10.1. The molecule has 12 heteroatoms. The number of ether oxygens (including phenoxy) is 1. The standard InChI is InChI=1S/C29H37F4N3O4S/c1-36-25(9-11-41-2)28(39)35-24(26(37)18-34-17-19-6-5-7-21(12-19)29(31,32)33)15-20-13-22(30)16-23(14-20)40-10-4-3-8-27(36)38/h5-7,12-14,16,24-26,34,37H,3-4,8-11,15,17-18H2,1-2H3,(H,35,39)/t24?,25?,26-/m1/s1. The molecule has 1 heterocycles. The fourth-order valence-corrected chi connectivity index (χ4v) is 5.11. The molecule has 226 valence electrons. The van der Waals surface area contributed by atoms with Crippen molar-refractivity contribution < 1.29 is 37.0 Å². The molecule has 41 heavy (non-hydrogen) atoms. The minimum atomic E-state index is -4.47. The molecule has 0 fully saturated rings. The number of carbonyl (C=O) groups is 2. The van der Waals surface area contributed by atoms with Crippen molar-refractivity contribution in [1.29, 1.82) is 0 Å². The van der Waals surface area contributed by atoms with Gasteiger partial charge < -0.3 is 25.4 Å². The molecule has 0 radical (unpaired) electrons. The first-order chi connectivity index (χ1) is 19.5. The lowest BCUT2D eigenvalue weighted by Gasteiger charge is -2.31. The van der Waals surface area contributed by atoms with Gasteiger partial charge in [0.05, 0.1) is 24.3 Å². The van der Waals surface area contributed by atoms with Crippen LogP contribution in [0.1, 0.15) is 42.4 Å². The minimum absolute atomic E-state index is 0.0488. The number of benzene rings is 2. The molecule has 2 aromatic rings. The minimum Gasteiger partial charge on any atom is -0.493 e. The zero-order chi connectivity index (χ0) is 30.0. The number of nitrogens with one attached hydrogen (secondary N) is 2. The summed E-state index contributed by atoms with van der Waals surface area (Å²) in [4.78, 5) is 27.8. The van der Waals surface area contributed by atoms with Gasteiger partial charge in [-0.2, -0.15) is 24.9 Å². The van der Waals surface area contributed by atoms with Crippen LogP contribution in [0.3, 0.4) is 0 Å². The van der Waals surface area contributed by atoms with Gasteiger partial charge in [-0.15, -0.1) is 0 Å². The molecule has 3 rings (SSSR count). The second kappa shape index (κ2) is 15.4. The Labute approximate surface area is 242 Å². The maximum atomic E-state index is 14.4. The number of carbonyl (C=O) groups excluding carboxylic acids is 2. The summed E-state index contributed by atoms with van der Waals surface area (Å²) in [6.45, 7) is 0.274. The van der Waals surface area contributed by atoms with Crippen LogP contribution in [0.5, 0.6) is 5.75 Å². The van der Waals surface area contributed by atoms with E-state index in [1.165, 1.54) is 40.9 Å². The quantitative estimate of drug-likeness (QED) is 0.395. The lowest BCUT2D eigenvalue weighted by molar-refractivity contribution is -0.139. The van der Waals surface area contributed by atoms with Gasteiger partial charge in [0.1, 0.15) is 17.6 Å². The lowest BCUT2D eigenvalue weighted by Crippen LogP contribution is -2.55. The maximum absolute atomic E-state index is 14.4. The Morgan fingerprint density at radius 3 is 2.71 bits per heavy atom. The van der Waals surface area contributed by atoms with Crippen LogP contribution < -0.4 is 15.4 Å². The SMILES string of the molecule is CSCCC1C(=O)NC([C@H](O)CNCc2cccc(C(F)(F)F)c2)Cc2cc(F)cc(c2)OCCCCC(=O)N1C. The molecule has 2 aromatic carbocycles. The van der Waals surface area contributed by atoms with Crippen LogP contribution in [-0.4, -0.2) is 72.2 Å². The highest BCUT2D eigenvalue weighted by molar-refractivity contribution is 7.98. The largest absolute Gasteiger partial charge is 0.493 e. The highest BCUT2D eigenvalue weighted by Gasteiger charge is 2.32. The summed E-state index contributed by atoms with van der Waals surface area (Å²) < 4.78 is 59.3. The van der Waals surface area contributed by atoms with Gasteiger partial charge >= 0.3 is 6.18 Å². The van der Waals surface area contributed by atoms with Crippen molar-refractivity contribution in [1.82, 2.24) is 15.5 Å². The topological polar surface area (TPSA) is 90.9 Å². The van der Waals surface area contributed by atoms with E-state index >= 15 is 0 Å². The number of nitrogens with zero attached hydrogens (tertiary/aromatic N) is 1. The predicted octanol–water partition coefficient (Wildman–Crippen LogP) is 4.17. The van der Waals surface area contributed by atoms with E-state index in [0.717, 1.165) is 12.1 Å². The number of likely N-dealkylation sites (N-methyl/N-ethyl adjacent to an activating group) is 1. The predicted molar refractivity (Wildman–Crippen MR) is 150 cm³/mol. The van der Waals surface area contributed by atoms with Crippen LogP contribution in [0.25, 0.3) is 0 Å². The zero-order valence-corrected chi connectivity index (χ0v) is 24.0.